The second-order valence-electron chi connectivity index (χ2n) is 25.7. The van der Waals surface area contributed by atoms with Crippen LogP contribution in [0.5, 0.6) is 0 Å². The number of amides is 1. The Hall–Kier alpha value is -2.37. The minimum Gasteiger partial charge on any atom is -0.394 e. The van der Waals surface area contributed by atoms with Crippen LogP contribution in [0, 0.1) is 0 Å². The molecule has 0 bridgehead atoms. The van der Waals surface area contributed by atoms with E-state index in [0.29, 0.717) is 6.42 Å². The molecule has 0 aromatic rings. The molecule has 0 spiro atoms. The van der Waals surface area contributed by atoms with Crippen LogP contribution in [0.25, 0.3) is 0 Å². The molecule has 6 N–H and O–H groups in total. The van der Waals surface area contributed by atoms with Crippen LogP contribution in [-0.2, 0) is 14.3 Å². The minimum absolute atomic E-state index is 0.181. The Morgan fingerprint density at radius 2 is 0.733 bits per heavy atom. The van der Waals surface area contributed by atoms with E-state index in [1.54, 1.807) is 6.08 Å². The van der Waals surface area contributed by atoms with Crippen LogP contribution in [0.4, 0.5) is 0 Å². The molecule has 0 aliphatic carbocycles. The fourth-order valence-corrected chi connectivity index (χ4v) is 11.8. The van der Waals surface area contributed by atoms with Gasteiger partial charge in [0.2, 0.25) is 5.91 Å². The molecule has 1 rings (SSSR count). The summed E-state index contributed by atoms with van der Waals surface area (Å²) in [5, 5.41) is 54.8. The predicted molar refractivity (Wildman–Crippen MR) is 369 cm³/mol. The molecule has 1 amide bonds. The van der Waals surface area contributed by atoms with E-state index in [2.05, 4.69) is 79.9 Å². The molecule has 1 fully saturated rings. The van der Waals surface area contributed by atoms with Gasteiger partial charge in [-0.3, -0.25) is 4.79 Å². The Kier molecular flexibility index (Phi) is 62.3. The van der Waals surface area contributed by atoms with Gasteiger partial charge in [-0.25, -0.2) is 0 Å². The Labute approximate surface area is 531 Å². The third-order valence-electron chi connectivity index (χ3n) is 17.5. The van der Waals surface area contributed by atoms with E-state index in [1.165, 1.54) is 270 Å². The molecule has 502 valence electrons. The first-order chi connectivity index (χ1) is 42.3. The van der Waals surface area contributed by atoms with Gasteiger partial charge in [0.15, 0.2) is 6.29 Å². The molecule has 0 aromatic heterocycles. The fourth-order valence-electron chi connectivity index (χ4n) is 11.8. The minimum atomic E-state index is -1.57. The number of hydrogen-bond acceptors (Lipinski definition) is 8. The molecule has 7 unspecified atom stereocenters. The van der Waals surface area contributed by atoms with Gasteiger partial charge < -0.3 is 40.3 Å². The fraction of sp³-hybridized carbons (Fsp3) is 0.831. The van der Waals surface area contributed by atoms with E-state index < -0.39 is 49.5 Å². The molecular weight excluding hydrogens is 1070 g/mol. The standard InChI is InChI=1S/C77H141NO8/c1-3-5-7-9-11-13-15-17-19-21-23-25-27-29-31-32-33-34-35-36-37-38-39-40-41-43-45-47-49-51-53-55-57-59-61-63-65-67-73(81)78-70(69-85-77-76(84)75(83)74(82)72(68-79)86-77)71(80)66-64-62-60-58-56-54-52-50-48-46-44-42-30-28-26-24-22-20-18-16-14-12-10-8-6-4-2/h5,7,11,13,17,19,23,25,56,58,64,66,70-72,74-77,79-80,82-84H,3-4,6,8-10,12,14-16,18,20-22,24,26-55,57,59-63,65,67-69H2,1-2H3,(H,78,81)/b7-5-,13-11-,19-17-,25-23-,58-56+,66-64+. The Balaban J connectivity index is 2.09. The molecule has 86 heavy (non-hydrogen) atoms. The van der Waals surface area contributed by atoms with E-state index in [-0.39, 0.29) is 12.5 Å². The van der Waals surface area contributed by atoms with Crippen molar-refractivity contribution in [3.05, 3.63) is 72.9 Å². The van der Waals surface area contributed by atoms with Crippen molar-refractivity contribution in [2.75, 3.05) is 13.2 Å². The van der Waals surface area contributed by atoms with Crippen LogP contribution in [0.3, 0.4) is 0 Å². The smallest absolute Gasteiger partial charge is 0.220 e. The monoisotopic (exact) mass is 1210 g/mol. The molecule has 9 heteroatoms. The van der Waals surface area contributed by atoms with Gasteiger partial charge in [-0.2, -0.15) is 0 Å². The number of hydrogen-bond donors (Lipinski definition) is 6. The number of carbonyl (C=O) groups is 1. The van der Waals surface area contributed by atoms with Crippen LogP contribution in [-0.4, -0.2) is 87.5 Å². The number of allylic oxidation sites excluding steroid dienone is 11. The lowest BCUT2D eigenvalue weighted by atomic mass is 9.99. The van der Waals surface area contributed by atoms with Gasteiger partial charge >= 0.3 is 0 Å². The Morgan fingerprint density at radius 3 is 1.12 bits per heavy atom. The molecule has 1 heterocycles. The van der Waals surface area contributed by atoms with E-state index in [0.717, 1.165) is 64.2 Å². The van der Waals surface area contributed by atoms with Crippen molar-refractivity contribution in [1.29, 1.82) is 0 Å². The SMILES string of the molecule is CC/C=C\C/C=C\C/C=C\C/C=C\CCCCCCCCCCCCCCCCCCCCCCCCCCC(=O)NC(COC1OC(CO)C(O)C(O)C1O)C(O)/C=C/CC/C=C/CCCCCCCCCCCCCCCCCCCCCC. The van der Waals surface area contributed by atoms with Crippen molar-refractivity contribution >= 4 is 5.91 Å². The molecule has 1 aliphatic rings. The van der Waals surface area contributed by atoms with Crippen molar-refractivity contribution in [2.45, 2.75) is 397 Å². The third-order valence-corrected chi connectivity index (χ3v) is 17.5. The van der Waals surface area contributed by atoms with Gasteiger partial charge in [0.05, 0.1) is 25.4 Å². The van der Waals surface area contributed by atoms with Crippen LogP contribution in [0.15, 0.2) is 72.9 Å². The number of aliphatic hydroxyl groups excluding tert-OH is 5. The zero-order valence-corrected chi connectivity index (χ0v) is 56.3. The summed E-state index contributed by atoms with van der Waals surface area (Å²) in [5.74, 6) is -0.181. The topological polar surface area (TPSA) is 149 Å². The number of rotatable bonds is 65. The highest BCUT2D eigenvalue weighted by Gasteiger charge is 2.44. The van der Waals surface area contributed by atoms with Crippen LogP contribution >= 0.6 is 0 Å². The molecule has 1 saturated heterocycles. The highest BCUT2D eigenvalue weighted by molar-refractivity contribution is 5.76. The van der Waals surface area contributed by atoms with Crippen molar-refractivity contribution in [1.82, 2.24) is 5.32 Å². The first kappa shape index (κ1) is 81.6. The van der Waals surface area contributed by atoms with Crippen LogP contribution in [0.1, 0.15) is 354 Å². The van der Waals surface area contributed by atoms with Crippen LogP contribution in [0.2, 0.25) is 0 Å². The summed E-state index contributed by atoms with van der Waals surface area (Å²) in [7, 11) is 0. The van der Waals surface area contributed by atoms with E-state index in [9.17, 15) is 30.3 Å². The molecule has 0 saturated carbocycles. The van der Waals surface area contributed by atoms with Gasteiger partial charge in [0.1, 0.15) is 24.4 Å². The maximum atomic E-state index is 13.1. The van der Waals surface area contributed by atoms with Gasteiger partial charge in [-0.1, -0.05) is 350 Å². The summed E-state index contributed by atoms with van der Waals surface area (Å²) in [5.41, 5.74) is 0. The molecular formula is C77H141NO8. The number of carbonyl (C=O) groups excluding carboxylic acids is 1. The van der Waals surface area contributed by atoms with Crippen molar-refractivity contribution in [3.8, 4) is 0 Å². The van der Waals surface area contributed by atoms with E-state index in [4.69, 9.17) is 9.47 Å². The summed E-state index contributed by atoms with van der Waals surface area (Å²) in [4.78, 5) is 13.1. The number of nitrogens with one attached hydrogen (secondary N) is 1. The largest absolute Gasteiger partial charge is 0.394 e. The highest BCUT2D eigenvalue weighted by atomic mass is 16.7. The molecule has 0 radical (unpaired) electrons. The quantitative estimate of drug-likeness (QED) is 0.0261. The molecule has 7 atom stereocenters. The molecule has 0 aromatic carbocycles. The zero-order chi connectivity index (χ0) is 62.1. The lowest BCUT2D eigenvalue weighted by Crippen LogP contribution is -2.60. The Morgan fingerprint density at radius 1 is 0.407 bits per heavy atom. The first-order valence-electron chi connectivity index (χ1n) is 37.2. The number of ether oxygens (including phenoxy) is 2. The van der Waals surface area contributed by atoms with E-state index in [1.807, 2.05) is 6.08 Å². The Bertz CT molecular complexity index is 1590. The second-order valence-corrected chi connectivity index (χ2v) is 25.7. The van der Waals surface area contributed by atoms with Gasteiger partial charge in [-0.15, -0.1) is 0 Å². The van der Waals surface area contributed by atoms with Crippen molar-refractivity contribution in [2.24, 2.45) is 0 Å². The van der Waals surface area contributed by atoms with Crippen LogP contribution < -0.4 is 5.32 Å². The highest BCUT2D eigenvalue weighted by Crippen LogP contribution is 2.23. The number of aliphatic hydroxyl groups is 5. The lowest BCUT2D eigenvalue weighted by Gasteiger charge is -2.40. The maximum absolute atomic E-state index is 13.1. The predicted octanol–water partition coefficient (Wildman–Crippen LogP) is 20.7. The van der Waals surface area contributed by atoms with Gasteiger partial charge in [0.25, 0.3) is 0 Å². The second kappa shape index (κ2) is 65.6. The maximum Gasteiger partial charge on any atom is 0.220 e. The van der Waals surface area contributed by atoms with Crippen molar-refractivity contribution < 1.29 is 39.8 Å². The zero-order valence-electron chi connectivity index (χ0n) is 56.3. The average Bonchev–Trinajstić information content (AvgIpc) is 2.44. The summed E-state index contributed by atoms with van der Waals surface area (Å²) in [6.07, 6.45) is 86.1. The van der Waals surface area contributed by atoms with E-state index >= 15 is 0 Å². The molecule has 9 nitrogen and oxygen atoms in total. The summed E-state index contributed by atoms with van der Waals surface area (Å²) in [6, 6.07) is -0.824. The van der Waals surface area contributed by atoms with Gasteiger partial charge in [-0.05, 0) is 70.6 Å². The summed E-state index contributed by atoms with van der Waals surface area (Å²) in [6.45, 7) is 3.70. The number of unbranched alkanes of at least 4 members (excludes halogenated alkanes) is 45. The third kappa shape index (κ3) is 53.5. The average molecular weight is 1210 g/mol. The lowest BCUT2D eigenvalue weighted by molar-refractivity contribution is -0.302. The summed E-state index contributed by atoms with van der Waals surface area (Å²) >= 11 is 0. The summed E-state index contributed by atoms with van der Waals surface area (Å²) < 4.78 is 11.3. The first-order valence-corrected chi connectivity index (χ1v) is 37.2. The normalized spacial score (nSPS) is 18.4. The van der Waals surface area contributed by atoms with Crippen molar-refractivity contribution in [3.63, 3.8) is 0 Å². The van der Waals surface area contributed by atoms with Gasteiger partial charge in [0, 0.05) is 6.42 Å². The molecule has 1 aliphatic heterocycles.